The number of nitrogens with zero attached hydrogens (tertiary/aromatic N) is 3. The van der Waals surface area contributed by atoms with E-state index in [0.29, 0.717) is 23.7 Å². The summed E-state index contributed by atoms with van der Waals surface area (Å²) in [5, 5.41) is 8.92. The van der Waals surface area contributed by atoms with Gasteiger partial charge in [0, 0.05) is 18.9 Å². The molecule has 4 nitrogen and oxygen atoms in total. The van der Waals surface area contributed by atoms with Gasteiger partial charge in [-0.3, -0.25) is 0 Å². The Hall–Kier alpha value is -1.99. The quantitative estimate of drug-likeness (QED) is 0.795. The van der Waals surface area contributed by atoms with Crippen LogP contribution in [0.3, 0.4) is 0 Å². The molecule has 1 heterocycles. The first-order valence-electron chi connectivity index (χ1n) is 5.41. The number of hydrogen-bond acceptors (Lipinski definition) is 3. The molecule has 0 unspecified atom stereocenters. The number of benzene rings is 1. The highest BCUT2D eigenvalue weighted by molar-refractivity contribution is 6.16. The van der Waals surface area contributed by atoms with Gasteiger partial charge in [-0.05, 0) is 17.7 Å². The zero-order valence-electron chi connectivity index (χ0n) is 9.93. The van der Waals surface area contributed by atoms with Crippen molar-refractivity contribution in [2.24, 2.45) is 0 Å². The molecule has 0 saturated heterocycles. The Bertz CT molecular complexity index is 586. The lowest BCUT2D eigenvalue weighted by molar-refractivity contribution is 0.413. The maximum absolute atomic E-state index is 8.92. The molecule has 18 heavy (non-hydrogen) atoms. The summed E-state index contributed by atoms with van der Waals surface area (Å²) in [5.41, 5.74) is 1.57. The number of ether oxygens (including phenoxy) is 1. The van der Waals surface area contributed by atoms with E-state index in [9.17, 15) is 0 Å². The zero-order valence-corrected chi connectivity index (χ0v) is 10.7. The number of halogens is 1. The Morgan fingerprint density at radius 1 is 1.50 bits per heavy atom. The van der Waals surface area contributed by atoms with Crippen LogP contribution < -0.4 is 4.74 Å². The molecule has 0 amide bonds. The van der Waals surface area contributed by atoms with E-state index in [-0.39, 0.29) is 0 Å². The summed E-state index contributed by atoms with van der Waals surface area (Å²) in [6, 6.07) is 7.60. The highest BCUT2D eigenvalue weighted by Crippen LogP contribution is 2.20. The van der Waals surface area contributed by atoms with Crippen molar-refractivity contribution in [2.45, 2.75) is 12.4 Å². The third-order valence-electron chi connectivity index (χ3n) is 2.66. The molecule has 0 spiro atoms. The lowest BCUT2D eigenvalue weighted by Crippen LogP contribution is -2.03. The Balaban J connectivity index is 2.28. The Morgan fingerprint density at radius 2 is 2.33 bits per heavy atom. The van der Waals surface area contributed by atoms with Gasteiger partial charge in [-0.1, -0.05) is 6.07 Å². The summed E-state index contributed by atoms with van der Waals surface area (Å²) in [6.45, 7) is 0.657. The van der Waals surface area contributed by atoms with Crippen molar-refractivity contribution in [3.05, 3.63) is 47.5 Å². The van der Waals surface area contributed by atoms with Gasteiger partial charge in [0.1, 0.15) is 17.6 Å². The first kappa shape index (κ1) is 12.5. The van der Waals surface area contributed by atoms with Crippen molar-refractivity contribution < 1.29 is 4.74 Å². The number of nitriles is 1. The zero-order chi connectivity index (χ0) is 13.0. The van der Waals surface area contributed by atoms with Crippen LogP contribution in [0.5, 0.6) is 5.75 Å². The minimum Gasteiger partial charge on any atom is -0.495 e. The predicted octanol–water partition coefficient (Wildman–Crippen LogP) is 2.55. The van der Waals surface area contributed by atoms with E-state index < -0.39 is 0 Å². The largest absolute Gasteiger partial charge is 0.495 e. The molecule has 2 rings (SSSR count). The fourth-order valence-corrected chi connectivity index (χ4v) is 1.96. The number of hydrogen-bond donors (Lipinski definition) is 0. The van der Waals surface area contributed by atoms with Crippen LogP contribution in [0.15, 0.2) is 30.6 Å². The van der Waals surface area contributed by atoms with Crippen LogP contribution in [0, 0.1) is 11.3 Å². The Kier molecular flexibility index (Phi) is 3.85. The molecule has 0 radical (unpaired) electrons. The second-order valence-electron chi connectivity index (χ2n) is 3.75. The van der Waals surface area contributed by atoms with Gasteiger partial charge in [-0.15, -0.1) is 11.6 Å². The summed E-state index contributed by atoms with van der Waals surface area (Å²) in [5.74, 6) is 1.78. The summed E-state index contributed by atoms with van der Waals surface area (Å²) < 4.78 is 7.15. The third kappa shape index (κ3) is 2.47. The molecule has 0 atom stereocenters. The van der Waals surface area contributed by atoms with E-state index in [1.165, 1.54) is 0 Å². The fraction of sp³-hybridized carbons (Fsp3) is 0.231. The van der Waals surface area contributed by atoms with E-state index >= 15 is 0 Å². The van der Waals surface area contributed by atoms with Crippen molar-refractivity contribution in [1.29, 1.82) is 5.26 Å². The van der Waals surface area contributed by atoms with Crippen LogP contribution in [0.2, 0.25) is 0 Å². The lowest BCUT2D eigenvalue weighted by atomic mass is 10.1. The molecular formula is C13H12ClN3O. The van der Waals surface area contributed by atoms with Gasteiger partial charge in [0.25, 0.3) is 0 Å². The van der Waals surface area contributed by atoms with Gasteiger partial charge in [0.05, 0.1) is 18.6 Å². The molecule has 0 aliphatic carbocycles. The Morgan fingerprint density at radius 3 is 3.00 bits per heavy atom. The number of rotatable bonds is 4. The third-order valence-corrected chi connectivity index (χ3v) is 2.90. The maximum Gasteiger partial charge on any atom is 0.136 e. The molecule has 0 fully saturated rings. The van der Waals surface area contributed by atoms with Crippen molar-refractivity contribution in [3.63, 3.8) is 0 Å². The average Bonchev–Trinajstić information content (AvgIpc) is 2.85. The fourth-order valence-electron chi connectivity index (χ4n) is 1.74. The van der Waals surface area contributed by atoms with Gasteiger partial charge in [0.15, 0.2) is 0 Å². The molecule has 0 saturated carbocycles. The second kappa shape index (κ2) is 5.56. The first-order valence-corrected chi connectivity index (χ1v) is 5.95. The van der Waals surface area contributed by atoms with Gasteiger partial charge in [0.2, 0.25) is 0 Å². The minimum absolute atomic E-state index is 0.375. The Labute approximate surface area is 110 Å². The highest BCUT2D eigenvalue weighted by Gasteiger charge is 2.06. The van der Waals surface area contributed by atoms with E-state index in [2.05, 4.69) is 11.1 Å². The topological polar surface area (TPSA) is 50.8 Å². The lowest BCUT2D eigenvalue weighted by Gasteiger charge is -2.08. The van der Waals surface area contributed by atoms with E-state index in [1.807, 2.05) is 22.9 Å². The molecule has 2 aromatic rings. The average molecular weight is 262 g/mol. The van der Waals surface area contributed by atoms with Crippen LogP contribution in [-0.2, 0) is 12.4 Å². The molecule has 0 N–H and O–H groups in total. The molecule has 0 aliphatic rings. The summed E-state index contributed by atoms with van der Waals surface area (Å²) in [7, 11) is 1.56. The van der Waals surface area contributed by atoms with E-state index in [1.54, 1.807) is 19.4 Å². The van der Waals surface area contributed by atoms with Crippen molar-refractivity contribution >= 4 is 11.6 Å². The monoisotopic (exact) mass is 261 g/mol. The SMILES string of the molecule is COc1cc(Cn2ccnc2CCl)ccc1C#N. The molecule has 0 bridgehead atoms. The summed E-state index contributed by atoms with van der Waals surface area (Å²) in [4.78, 5) is 4.15. The smallest absolute Gasteiger partial charge is 0.136 e. The molecule has 5 heteroatoms. The van der Waals surface area contributed by atoms with E-state index in [4.69, 9.17) is 21.6 Å². The highest BCUT2D eigenvalue weighted by atomic mass is 35.5. The maximum atomic E-state index is 8.92. The van der Waals surface area contributed by atoms with Gasteiger partial charge in [-0.2, -0.15) is 5.26 Å². The molecular weight excluding hydrogens is 250 g/mol. The number of imidazole rings is 1. The number of aromatic nitrogens is 2. The van der Waals surface area contributed by atoms with E-state index in [0.717, 1.165) is 11.4 Å². The van der Waals surface area contributed by atoms with Gasteiger partial charge in [-0.25, -0.2) is 4.98 Å². The van der Waals surface area contributed by atoms with Crippen molar-refractivity contribution in [1.82, 2.24) is 9.55 Å². The molecule has 1 aromatic heterocycles. The van der Waals surface area contributed by atoms with Crippen LogP contribution in [0.4, 0.5) is 0 Å². The summed E-state index contributed by atoms with van der Waals surface area (Å²) >= 11 is 5.79. The molecule has 92 valence electrons. The van der Waals surface area contributed by atoms with Crippen molar-refractivity contribution in [3.8, 4) is 11.8 Å². The van der Waals surface area contributed by atoms with Crippen molar-refractivity contribution in [2.75, 3.05) is 7.11 Å². The molecule has 1 aromatic carbocycles. The van der Waals surface area contributed by atoms with Crippen LogP contribution in [0.1, 0.15) is 17.0 Å². The van der Waals surface area contributed by atoms with Crippen LogP contribution >= 0.6 is 11.6 Å². The number of alkyl halides is 1. The second-order valence-corrected chi connectivity index (χ2v) is 4.02. The molecule has 0 aliphatic heterocycles. The number of methoxy groups -OCH3 is 1. The van der Waals surface area contributed by atoms with Gasteiger partial charge >= 0.3 is 0 Å². The van der Waals surface area contributed by atoms with Gasteiger partial charge < -0.3 is 9.30 Å². The minimum atomic E-state index is 0.375. The summed E-state index contributed by atoms with van der Waals surface area (Å²) in [6.07, 6.45) is 3.60. The first-order chi connectivity index (χ1) is 8.78. The normalized spacial score (nSPS) is 10.1. The van der Waals surface area contributed by atoms with Crippen LogP contribution in [-0.4, -0.2) is 16.7 Å². The van der Waals surface area contributed by atoms with Crippen LogP contribution in [0.25, 0.3) is 0 Å². The standard InChI is InChI=1S/C13H12ClN3O/c1-18-12-6-10(2-3-11(12)8-15)9-17-5-4-16-13(17)7-14/h2-6H,7,9H2,1H3. The predicted molar refractivity (Wildman–Crippen MR) is 68.6 cm³/mol.